The van der Waals surface area contributed by atoms with Gasteiger partial charge in [-0.25, -0.2) is 0 Å². The van der Waals surface area contributed by atoms with Gasteiger partial charge in [0, 0.05) is 17.7 Å². The highest BCUT2D eigenvalue weighted by Crippen LogP contribution is 2.38. The van der Waals surface area contributed by atoms with Crippen LogP contribution in [0.25, 0.3) is 6.08 Å². The van der Waals surface area contributed by atoms with Crippen molar-refractivity contribution in [2.75, 3.05) is 6.54 Å². The average molecular weight is 261 g/mol. The summed E-state index contributed by atoms with van der Waals surface area (Å²) in [7, 11) is 0. The summed E-state index contributed by atoms with van der Waals surface area (Å²) in [4.78, 5) is 0. The predicted molar refractivity (Wildman–Crippen MR) is 83.6 cm³/mol. The first-order valence-electron chi connectivity index (χ1n) is 6.82. The molecule has 19 heavy (non-hydrogen) atoms. The summed E-state index contributed by atoms with van der Waals surface area (Å²) in [6.07, 6.45) is 3.77. The summed E-state index contributed by atoms with van der Waals surface area (Å²) in [5, 5.41) is 10.4. The van der Waals surface area contributed by atoms with Crippen LogP contribution in [-0.4, -0.2) is 11.7 Å². The zero-order valence-electron chi connectivity index (χ0n) is 13.0. The maximum Gasteiger partial charge on any atom is 0.126 e. The first-order valence-corrected chi connectivity index (χ1v) is 6.82. The average Bonchev–Trinajstić information content (AvgIpc) is 2.24. The second-order valence-electron chi connectivity index (χ2n) is 7.10. The maximum absolute atomic E-state index is 10.4. The molecule has 0 aromatic heterocycles. The van der Waals surface area contributed by atoms with Crippen LogP contribution in [0.1, 0.15) is 58.2 Å². The van der Waals surface area contributed by atoms with E-state index in [1.165, 1.54) is 5.56 Å². The van der Waals surface area contributed by atoms with Crippen LogP contribution in [0.4, 0.5) is 0 Å². The van der Waals surface area contributed by atoms with Gasteiger partial charge in [0.1, 0.15) is 5.75 Å². The summed E-state index contributed by atoms with van der Waals surface area (Å²) in [5.74, 6) is 0.366. The van der Waals surface area contributed by atoms with Crippen molar-refractivity contribution < 1.29 is 5.11 Å². The monoisotopic (exact) mass is 261 g/mol. The molecule has 0 bridgehead atoms. The molecule has 0 unspecified atom stereocenters. The van der Waals surface area contributed by atoms with Crippen LogP contribution in [0.3, 0.4) is 0 Å². The van der Waals surface area contributed by atoms with Crippen LogP contribution in [0, 0.1) is 0 Å². The van der Waals surface area contributed by atoms with E-state index >= 15 is 0 Å². The lowest BCUT2D eigenvalue weighted by atomic mass is 9.79. The third kappa shape index (κ3) is 3.84. The van der Waals surface area contributed by atoms with Gasteiger partial charge in [0.15, 0.2) is 0 Å². The standard InChI is InChI=1S/C17H27NO/c1-16(2,3)13-10-12(8-7-9-18)15(19)14(11-13)17(4,5)6/h7-8,10-11,19H,9,18H2,1-6H3. The van der Waals surface area contributed by atoms with E-state index in [1.807, 2.05) is 12.2 Å². The molecule has 0 saturated carbocycles. The highest BCUT2D eigenvalue weighted by molar-refractivity contribution is 5.62. The van der Waals surface area contributed by atoms with Crippen molar-refractivity contribution in [1.82, 2.24) is 0 Å². The van der Waals surface area contributed by atoms with E-state index in [2.05, 4.69) is 53.7 Å². The number of phenols is 1. The van der Waals surface area contributed by atoms with E-state index in [1.54, 1.807) is 0 Å². The van der Waals surface area contributed by atoms with Crippen molar-refractivity contribution in [2.24, 2.45) is 5.73 Å². The minimum atomic E-state index is -0.0867. The number of hydrogen-bond acceptors (Lipinski definition) is 2. The van der Waals surface area contributed by atoms with Crippen molar-refractivity contribution in [3.63, 3.8) is 0 Å². The van der Waals surface area contributed by atoms with E-state index in [0.717, 1.165) is 11.1 Å². The van der Waals surface area contributed by atoms with E-state index in [4.69, 9.17) is 5.73 Å². The summed E-state index contributed by atoms with van der Waals surface area (Å²) in [6, 6.07) is 4.17. The minimum absolute atomic E-state index is 0.0546. The number of benzene rings is 1. The van der Waals surface area contributed by atoms with Crippen molar-refractivity contribution >= 4 is 6.08 Å². The topological polar surface area (TPSA) is 46.2 Å². The normalized spacial score (nSPS) is 13.2. The van der Waals surface area contributed by atoms with Crippen molar-refractivity contribution in [1.29, 1.82) is 0 Å². The first kappa shape index (κ1) is 15.8. The zero-order chi connectivity index (χ0) is 14.8. The number of aromatic hydroxyl groups is 1. The molecule has 3 N–H and O–H groups in total. The third-order valence-corrected chi connectivity index (χ3v) is 3.25. The molecular weight excluding hydrogens is 234 g/mol. The van der Waals surface area contributed by atoms with E-state index in [9.17, 15) is 5.11 Å². The SMILES string of the molecule is CC(C)(C)c1cc(C=CCN)c(O)c(C(C)(C)C)c1. The molecule has 0 aliphatic heterocycles. The number of hydrogen-bond donors (Lipinski definition) is 2. The molecule has 0 amide bonds. The number of phenolic OH excluding ortho intramolecular Hbond substituents is 1. The Morgan fingerprint density at radius 3 is 2.05 bits per heavy atom. The van der Waals surface area contributed by atoms with Gasteiger partial charge in [0.05, 0.1) is 0 Å². The van der Waals surface area contributed by atoms with Gasteiger partial charge in [-0.15, -0.1) is 0 Å². The molecule has 0 heterocycles. The van der Waals surface area contributed by atoms with Gasteiger partial charge in [-0.1, -0.05) is 59.8 Å². The summed E-state index contributed by atoms with van der Waals surface area (Å²) in [5.41, 5.74) is 8.53. The number of rotatable bonds is 2. The molecule has 0 aliphatic rings. The number of nitrogens with two attached hydrogens (primary N) is 1. The van der Waals surface area contributed by atoms with Crippen molar-refractivity contribution in [3.05, 3.63) is 34.9 Å². The lowest BCUT2D eigenvalue weighted by Crippen LogP contribution is -2.17. The molecule has 0 saturated heterocycles. The highest BCUT2D eigenvalue weighted by Gasteiger charge is 2.24. The molecule has 106 valence electrons. The van der Waals surface area contributed by atoms with Gasteiger partial charge < -0.3 is 10.8 Å². The van der Waals surface area contributed by atoms with Crippen LogP contribution < -0.4 is 5.73 Å². The molecule has 0 radical (unpaired) electrons. The molecule has 2 nitrogen and oxygen atoms in total. The minimum Gasteiger partial charge on any atom is -0.507 e. The van der Waals surface area contributed by atoms with Crippen LogP contribution in [0.5, 0.6) is 5.75 Å². The fourth-order valence-electron chi connectivity index (χ4n) is 1.98. The lowest BCUT2D eigenvalue weighted by molar-refractivity contribution is 0.443. The van der Waals surface area contributed by atoms with Crippen LogP contribution in [0.2, 0.25) is 0 Å². The van der Waals surface area contributed by atoms with Crippen LogP contribution in [0.15, 0.2) is 18.2 Å². The molecule has 0 fully saturated rings. The molecular formula is C17H27NO. The van der Waals surface area contributed by atoms with E-state index in [0.29, 0.717) is 12.3 Å². The largest absolute Gasteiger partial charge is 0.507 e. The first-order chi connectivity index (χ1) is 8.57. The molecule has 2 heteroatoms. The van der Waals surface area contributed by atoms with Gasteiger partial charge in [-0.05, 0) is 22.5 Å². The van der Waals surface area contributed by atoms with Gasteiger partial charge in [0.25, 0.3) is 0 Å². The van der Waals surface area contributed by atoms with Crippen LogP contribution in [-0.2, 0) is 10.8 Å². The Balaban J connectivity index is 3.52. The van der Waals surface area contributed by atoms with Gasteiger partial charge in [-0.2, -0.15) is 0 Å². The van der Waals surface area contributed by atoms with E-state index < -0.39 is 0 Å². The van der Waals surface area contributed by atoms with Crippen molar-refractivity contribution in [2.45, 2.75) is 52.4 Å². The Labute approximate surface area is 117 Å². The van der Waals surface area contributed by atoms with Gasteiger partial charge in [0.2, 0.25) is 0 Å². The van der Waals surface area contributed by atoms with Crippen LogP contribution >= 0.6 is 0 Å². The van der Waals surface area contributed by atoms with Gasteiger partial charge >= 0.3 is 0 Å². The molecule has 1 aromatic rings. The smallest absolute Gasteiger partial charge is 0.126 e. The van der Waals surface area contributed by atoms with E-state index in [-0.39, 0.29) is 10.8 Å². The maximum atomic E-state index is 10.4. The summed E-state index contributed by atoms with van der Waals surface area (Å²) in [6.45, 7) is 13.4. The fourth-order valence-corrected chi connectivity index (χ4v) is 1.98. The zero-order valence-corrected chi connectivity index (χ0v) is 13.0. The quantitative estimate of drug-likeness (QED) is 0.846. The lowest BCUT2D eigenvalue weighted by Gasteiger charge is -2.27. The second kappa shape index (κ2) is 5.38. The molecule has 1 aromatic carbocycles. The second-order valence-corrected chi connectivity index (χ2v) is 7.10. The van der Waals surface area contributed by atoms with Crippen molar-refractivity contribution in [3.8, 4) is 5.75 Å². The Morgan fingerprint density at radius 1 is 1.05 bits per heavy atom. The molecule has 0 spiro atoms. The molecule has 1 rings (SSSR count). The molecule has 0 atom stereocenters. The Bertz CT molecular complexity index is 473. The summed E-state index contributed by atoms with van der Waals surface area (Å²) < 4.78 is 0. The highest BCUT2D eigenvalue weighted by atomic mass is 16.3. The Hall–Kier alpha value is -1.28. The predicted octanol–water partition coefficient (Wildman–Crippen LogP) is 3.96. The van der Waals surface area contributed by atoms with Gasteiger partial charge in [-0.3, -0.25) is 0 Å². The molecule has 0 aliphatic carbocycles. The third-order valence-electron chi connectivity index (χ3n) is 3.25. The Morgan fingerprint density at radius 2 is 1.63 bits per heavy atom. The summed E-state index contributed by atoms with van der Waals surface area (Å²) >= 11 is 0. The Kier molecular flexibility index (Phi) is 4.46. The fraction of sp³-hybridized carbons (Fsp3) is 0.529.